The minimum absolute atomic E-state index is 0.148. The fourth-order valence-electron chi connectivity index (χ4n) is 2.47. The Morgan fingerprint density at radius 3 is 2.57 bits per heavy atom. The van der Waals surface area contributed by atoms with E-state index in [9.17, 15) is 14.4 Å². The molecule has 1 aromatic rings. The molecule has 3 N–H and O–H groups in total. The second kappa shape index (κ2) is 5.44. The van der Waals surface area contributed by atoms with Crippen LogP contribution in [0, 0.1) is 17.3 Å². The Hall–Kier alpha value is -1.96. The summed E-state index contributed by atoms with van der Waals surface area (Å²) in [5, 5.41) is 16.3. The highest BCUT2D eigenvalue weighted by atomic mass is 32.1. The van der Waals surface area contributed by atoms with E-state index in [1.165, 1.54) is 11.3 Å². The van der Waals surface area contributed by atoms with Crippen LogP contribution in [0.2, 0.25) is 0 Å². The van der Waals surface area contributed by atoms with Gasteiger partial charge >= 0.3 is 5.97 Å². The molecular formula is C13H17N3O4S. The summed E-state index contributed by atoms with van der Waals surface area (Å²) in [5.41, 5.74) is 0.0254. The lowest BCUT2D eigenvalue weighted by atomic mass is 10.1. The minimum atomic E-state index is -0.959. The first kappa shape index (κ1) is 15.4. The third-order valence-corrected chi connectivity index (χ3v) is 4.58. The molecule has 0 bridgehead atoms. The van der Waals surface area contributed by atoms with Gasteiger partial charge in [0.05, 0.1) is 24.0 Å². The first-order valence-corrected chi connectivity index (χ1v) is 7.34. The second-order valence-corrected chi connectivity index (χ2v) is 6.46. The number of hydrogen-bond acceptors (Lipinski definition) is 5. The number of carbonyl (C=O) groups is 3. The molecule has 8 heteroatoms. The van der Waals surface area contributed by atoms with Crippen molar-refractivity contribution in [1.29, 1.82) is 0 Å². The zero-order valence-corrected chi connectivity index (χ0v) is 12.8. The van der Waals surface area contributed by atoms with Gasteiger partial charge in [-0.3, -0.25) is 14.4 Å². The number of carboxylic acids is 1. The summed E-state index contributed by atoms with van der Waals surface area (Å²) in [5.74, 6) is -2.68. The van der Waals surface area contributed by atoms with Crippen molar-refractivity contribution in [1.82, 2.24) is 10.3 Å². The van der Waals surface area contributed by atoms with E-state index in [1.807, 2.05) is 0 Å². The fraction of sp³-hybridized carbons (Fsp3) is 0.538. The van der Waals surface area contributed by atoms with E-state index < -0.39 is 23.2 Å². The van der Waals surface area contributed by atoms with E-state index in [0.29, 0.717) is 10.8 Å². The predicted octanol–water partition coefficient (Wildman–Crippen LogP) is 0.727. The molecule has 0 saturated heterocycles. The molecule has 2 amide bonds. The number of aliphatic carboxylic acids is 1. The number of anilines is 1. The van der Waals surface area contributed by atoms with Crippen molar-refractivity contribution in [2.45, 2.75) is 20.3 Å². The summed E-state index contributed by atoms with van der Waals surface area (Å²) in [7, 11) is 1.54. The number of carbonyl (C=O) groups excluding carboxylic acids is 2. The number of nitrogens with zero attached hydrogens (tertiary/aromatic N) is 1. The zero-order valence-electron chi connectivity index (χ0n) is 12.0. The summed E-state index contributed by atoms with van der Waals surface area (Å²) in [6.45, 7) is 3.52. The highest BCUT2D eigenvalue weighted by Gasteiger charge is 2.65. The van der Waals surface area contributed by atoms with Crippen LogP contribution in [-0.4, -0.2) is 34.9 Å². The molecule has 1 aliphatic rings. The third kappa shape index (κ3) is 3.05. The molecule has 0 aliphatic heterocycles. The van der Waals surface area contributed by atoms with Gasteiger partial charge in [-0.25, -0.2) is 4.98 Å². The molecule has 0 spiro atoms. The van der Waals surface area contributed by atoms with Crippen LogP contribution < -0.4 is 10.6 Å². The van der Waals surface area contributed by atoms with Gasteiger partial charge in [-0.15, -0.1) is 11.3 Å². The maximum absolute atomic E-state index is 12.1. The zero-order chi connectivity index (χ0) is 15.8. The van der Waals surface area contributed by atoms with Crippen LogP contribution >= 0.6 is 11.3 Å². The molecule has 1 fully saturated rings. The van der Waals surface area contributed by atoms with Crippen LogP contribution in [0.3, 0.4) is 0 Å². The molecule has 0 aromatic carbocycles. The summed E-state index contributed by atoms with van der Waals surface area (Å²) in [4.78, 5) is 38.6. The second-order valence-electron chi connectivity index (χ2n) is 5.60. The Morgan fingerprint density at radius 2 is 2.05 bits per heavy atom. The van der Waals surface area contributed by atoms with E-state index in [1.54, 1.807) is 26.3 Å². The maximum atomic E-state index is 12.1. The normalized spacial score (nSPS) is 22.4. The quantitative estimate of drug-likeness (QED) is 0.743. The number of aromatic nitrogens is 1. The molecule has 0 unspecified atom stereocenters. The van der Waals surface area contributed by atoms with Crippen molar-refractivity contribution in [3.8, 4) is 0 Å². The van der Waals surface area contributed by atoms with Gasteiger partial charge in [0.25, 0.3) is 0 Å². The smallest absolute Gasteiger partial charge is 0.307 e. The Bertz CT molecular complexity index is 596. The fourth-order valence-corrected chi connectivity index (χ4v) is 3.18. The standard InChI is InChI=1S/C13H17N3O4S/c1-13(2)8(9(13)11(19)20)10(18)16-12-15-6(5-21-12)4-7(17)14-3/h5,8-9H,4H2,1-3H3,(H,14,17)(H,19,20)(H,15,16,18)/t8-,9+/m1/s1. The average molecular weight is 311 g/mol. The van der Waals surface area contributed by atoms with Gasteiger partial charge in [0.15, 0.2) is 5.13 Å². The van der Waals surface area contributed by atoms with Gasteiger partial charge in [0, 0.05) is 12.4 Å². The highest BCUT2D eigenvalue weighted by molar-refractivity contribution is 7.13. The van der Waals surface area contributed by atoms with Gasteiger partial charge < -0.3 is 15.7 Å². The number of thiazole rings is 1. The number of hydrogen-bond donors (Lipinski definition) is 3. The molecule has 1 heterocycles. The van der Waals surface area contributed by atoms with E-state index in [4.69, 9.17) is 5.11 Å². The molecule has 2 rings (SSSR count). The Labute approximate surface area is 125 Å². The molecule has 1 aliphatic carbocycles. The first-order valence-electron chi connectivity index (χ1n) is 6.46. The van der Waals surface area contributed by atoms with Crippen molar-refractivity contribution in [3.63, 3.8) is 0 Å². The number of carboxylic acid groups (broad SMARTS) is 1. The molecule has 7 nitrogen and oxygen atoms in total. The lowest BCUT2D eigenvalue weighted by Crippen LogP contribution is -2.20. The van der Waals surface area contributed by atoms with Crippen LogP contribution in [0.4, 0.5) is 5.13 Å². The summed E-state index contributed by atoms with van der Waals surface area (Å²) in [6.07, 6.45) is 0.148. The predicted molar refractivity (Wildman–Crippen MR) is 76.9 cm³/mol. The van der Waals surface area contributed by atoms with Gasteiger partial charge in [-0.05, 0) is 5.41 Å². The number of rotatable bonds is 5. The van der Waals surface area contributed by atoms with Crippen LogP contribution in [0.25, 0.3) is 0 Å². The molecule has 1 saturated carbocycles. The van der Waals surface area contributed by atoms with Crippen LogP contribution in [0.1, 0.15) is 19.5 Å². The SMILES string of the molecule is CNC(=O)Cc1csc(NC(=O)[C@H]2[C@@H](C(=O)O)C2(C)C)n1. The van der Waals surface area contributed by atoms with Crippen LogP contribution in [-0.2, 0) is 20.8 Å². The largest absolute Gasteiger partial charge is 0.481 e. The van der Waals surface area contributed by atoms with E-state index >= 15 is 0 Å². The maximum Gasteiger partial charge on any atom is 0.307 e. The molecular weight excluding hydrogens is 294 g/mol. The van der Waals surface area contributed by atoms with Gasteiger partial charge in [0.2, 0.25) is 11.8 Å². The van der Waals surface area contributed by atoms with Crippen LogP contribution in [0.15, 0.2) is 5.38 Å². The Kier molecular flexibility index (Phi) is 3.99. The first-order chi connectivity index (χ1) is 9.77. The molecule has 2 atom stereocenters. The van der Waals surface area contributed by atoms with E-state index in [-0.39, 0.29) is 18.2 Å². The molecule has 0 radical (unpaired) electrons. The molecule has 114 valence electrons. The van der Waals surface area contributed by atoms with Crippen molar-refractivity contribution in [2.75, 3.05) is 12.4 Å². The third-order valence-electron chi connectivity index (χ3n) is 3.78. The monoisotopic (exact) mass is 311 g/mol. The lowest BCUT2D eigenvalue weighted by Gasteiger charge is -2.02. The van der Waals surface area contributed by atoms with E-state index in [0.717, 1.165) is 0 Å². The summed E-state index contributed by atoms with van der Waals surface area (Å²) in [6, 6.07) is 0. The van der Waals surface area contributed by atoms with Crippen molar-refractivity contribution in [3.05, 3.63) is 11.1 Å². The van der Waals surface area contributed by atoms with Gasteiger partial charge in [-0.2, -0.15) is 0 Å². The Balaban J connectivity index is 1.98. The average Bonchev–Trinajstić information content (AvgIpc) is 2.74. The minimum Gasteiger partial charge on any atom is -0.481 e. The van der Waals surface area contributed by atoms with Gasteiger partial charge in [-0.1, -0.05) is 13.8 Å². The summed E-state index contributed by atoms with van der Waals surface area (Å²) < 4.78 is 0. The molecule has 1 aromatic heterocycles. The topological polar surface area (TPSA) is 108 Å². The van der Waals surface area contributed by atoms with Crippen molar-refractivity contribution < 1.29 is 19.5 Å². The Morgan fingerprint density at radius 1 is 1.38 bits per heavy atom. The van der Waals surface area contributed by atoms with Crippen molar-refractivity contribution in [2.24, 2.45) is 17.3 Å². The number of amides is 2. The van der Waals surface area contributed by atoms with Crippen LogP contribution in [0.5, 0.6) is 0 Å². The lowest BCUT2D eigenvalue weighted by molar-refractivity contribution is -0.140. The number of likely N-dealkylation sites (N-methyl/N-ethyl adjacent to an activating group) is 1. The summed E-state index contributed by atoms with van der Waals surface area (Å²) >= 11 is 1.21. The van der Waals surface area contributed by atoms with Gasteiger partial charge in [0.1, 0.15) is 0 Å². The van der Waals surface area contributed by atoms with Crippen molar-refractivity contribution >= 4 is 34.3 Å². The highest BCUT2D eigenvalue weighted by Crippen LogP contribution is 2.58. The number of nitrogens with one attached hydrogen (secondary N) is 2. The van der Waals surface area contributed by atoms with E-state index in [2.05, 4.69) is 15.6 Å². The molecule has 21 heavy (non-hydrogen) atoms.